The number of nitrogens with zero attached hydrogens (tertiary/aromatic N) is 3. The van der Waals surface area contributed by atoms with Crippen LogP contribution in [0.15, 0.2) is 60.8 Å². The van der Waals surface area contributed by atoms with Gasteiger partial charge in [-0.3, -0.25) is 14.6 Å². The summed E-state index contributed by atoms with van der Waals surface area (Å²) in [7, 11) is 0. The predicted molar refractivity (Wildman–Crippen MR) is 106 cm³/mol. The molecular weight excluding hydrogens is 338 g/mol. The Labute approximate surface area is 158 Å². The average Bonchev–Trinajstić information content (AvgIpc) is 2.68. The van der Waals surface area contributed by atoms with E-state index in [1.807, 2.05) is 68.4 Å². The van der Waals surface area contributed by atoms with E-state index in [4.69, 9.17) is 0 Å². The van der Waals surface area contributed by atoms with E-state index in [0.29, 0.717) is 12.2 Å². The third kappa shape index (κ3) is 3.16. The molecule has 0 bridgehead atoms. The van der Waals surface area contributed by atoms with Crippen molar-refractivity contribution in [2.75, 3.05) is 18.0 Å². The molecule has 0 saturated carbocycles. The van der Waals surface area contributed by atoms with Crippen LogP contribution >= 0.6 is 0 Å². The molecule has 0 spiro atoms. The second kappa shape index (κ2) is 6.83. The summed E-state index contributed by atoms with van der Waals surface area (Å²) in [6.45, 7) is 4.50. The molecule has 1 aliphatic rings. The minimum absolute atomic E-state index is 0.0544. The molecule has 1 aliphatic heterocycles. The summed E-state index contributed by atoms with van der Waals surface area (Å²) in [6, 6.07) is 17.3. The first-order valence-electron chi connectivity index (χ1n) is 9.06. The fourth-order valence-corrected chi connectivity index (χ4v) is 3.59. The Bertz CT molecular complexity index is 1030. The van der Waals surface area contributed by atoms with Crippen molar-refractivity contribution in [3.63, 3.8) is 0 Å². The van der Waals surface area contributed by atoms with Gasteiger partial charge >= 0.3 is 0 Å². The van der Waals surface area contributed by atoms with Crippen LogP contribution in [-0.2, 0) is 4.79 Å². The molecule has 0 N–H and O–H groups in total. The number of amides is 2. The molecule has 1 saturated heterocycles. The van der Waals surface area contributed by atoms with Crippen LogP contribution < -0.4 is 4.90 Å². The van der Waals surface area contributed by atoms with Gasteiger partial charge in [-0.25, -0.2) is 0 Å². The van der Waals surface area contributed by atoms with Gasteiger partial charge < -0.3 is 9.80 Å². The number of pyridine rings is 1. The van der Waals surface area contributed by atoms with Gasteiger partial charge in [-0.2, -0.15) is 0 Å². The maximum absolute atomic E-state index is 13.2. The van der Waals surface area contributed by atoms with E-state index in [1.54, 1.807) is 16.0 Å². The molecule has 1 atom stereocenters. The van der Waals surface area contributed by atoms with Gasteiger partial charge in [0.25, 0.3) is 5.91 Å². The summed E-state index contributed by atoms with van der Waals surface area (Å²) in [4.78, 5) is 33.6. The Balaban J connectivity index is 1.62. The standard InChI is InChI=1S/C22H21N3O2/c1-15-6-5-8-18(12-15)25-13-16(2)24(14-20(25)26)22(27)21-19-9-4-3-7-17(19)10-11-23-21/h3-12,16H,13-14H2,1-2H3/t16-/m1/s1. The zero-order valence-corrected chi connectivity index (χ0v) is 15.4. The lowest BCUT2D eigenvalue weighted by Crippen LogP contribution is -2.57. The topological polar surface area (TPSA) is 53.5 Å². The lowest BCUT2D eigenvalue weighted by molar-refractivity contribution is -0.121. The van der Waals surface area contributed by atoms with Crippen LogP contribution in [0.5, 0.6) is 0 Å². The molecule has 2 heterocycles. The van der Waals surface area contributed by atoms with E-state index in [0.717, 1.165) is 22.0 Å². The van der Waals surface area contributed by atoms with Crippen LogP contribution in [0.3, 0.4) is 0 Å². The molecule has 0 radical (unpaired) electrons. The highest BCUT2D eigenvalue weighted by atomic mass is 16.2. The summed E-state index contributed by atoms with van der Waals surface area (Å²) in [5.41, 5.74) is 2.38. The smallest absolute Gasteiger partial charge is 0.273 e. The minimum atomic E-state index is -0.198. The quantitative estimate of drug-likeness (QED) is 0.704. The van der Waals surface area contributed by atoms with Crippen molar-refractivity contribution in [1.82, 2.24) is 9.88 Å². The van der Waals surface area contributed by atoms with Crippen LogP contribution in [0.2, 0.25) is 0 Å². The Morgan fingerprint density at radius 2 is 1.93 bits per heavy atom. The minimum Gasteiger partial charge on any atom is -0.323 e. The second-order valence-electron chi connectivity index (χ2n) is 7.01. The number of anilines is 1. The Morgan fingerprint density at radius 3 is 2.74 bits per heavy atom. The highest BCUT2D eigenvalue weighted by Crippen LogP contribution is 2.24. The second-order valence-corrected chi connectivity index (χ2v) is 7.01. The van der Waals surface area contributed by atoms with Gasteiger partial charge in [0, 0.05) is 29.9 Å². The van der Waals surface area contributed by atoms with Crippen molar-refractivity contribution >= 4 is 28.3 Å². The highest BCUT2D eigenvalue weighted by molar-refractivity contribution is 6.07. The van der Waals surface area contributed by atoms with Crippen LogP contribution in [0.4, 0.5) is 5.69 Å². The number of rotatable bonds is 2. The molecule has 5 nitrogen and oxygen atoms in total. The number of aryl methyl sites for hydroxylation is 1. The van der Waals surface area contributed by atoms with Gasteiger partial charge in [0.2, 0.25) is 5.91 Å². The lowest BCUT2D eigenvalue weighted by Gasteiger charge is -2.39. The van der Waals surface area contributed by atoms with E-state index in [1.165, 1.54) is 0 Å². The molecule has 27 heavy (non-hydrogen) atoms. The number of carbonyl (C=O) groups excluding carboxylic acids is 2. The van der Waals surface area contributed by atoms with Crippen LogP contribution in [0.1, 0.15) is 23.0 Å². The molecular formula is C22H21N3O2. The van der Waals surface area contributed by atoms with E-state index in [9.17, 15) is 9.59 Å². The van der Waals surface area contributed by atoms with E-state index in [-0.39, 0.29) is 24.4 Å². The summed E-state index contributed by atoms with van der Waals surface area (Å²) < 4.78 is 0. The maximum atomic E-state index is 13.2. The van der Waals surface area contributed by atoms with E-state index < -0.39 is 0 Å². The fourth-order valence-electron chi connectivity index (χ4n) is 3.59. The number of carbonyl (C=O) groups is 2. The zero-order chi connectivity index (χ0) is 19.0. The van der Waals surface area contributed by atoms with Gasteiger partial charge in [0.05, 0.1) is 0 Å². The van der Waals surface area contributed by atoms with Gasteiger partial charge in [-0.1, -0.05) is 36.4 Å². The largest absolute Gasteiger partial charge is 0.323 e. The van der Waals surface area contributed by atoms with E-state index in [2.05, 4.69) is 4.98 Å². The highest BCUT2D eigenvalue weighted by Gasteiger charge is 2.34. The molecule has 2 aromatic carbocycles. The van der Waals surface area contributed by atoms with Crippen LogP contribution in [-0.4, -0.2) is 40.8 Å². The molecule has 2 amide bonds. The third-order valence-electron chi connectivity index (χ3n) is 5.04. The van der Waals surface area contributed by atoms with Crippen molar-refractivity contribution in [2.24, 2.45) is 0 Å². The van der Waals surface area contributed by atoms with Crippen molar-refractivity contribution in [3.8, 4) is 0 Å². The summed E-state index contributed by atoms with van der Waals surface area (Å²) >= 11 is 0. The Morgan fingerprint density at radius 1 is 1.11 bits per heavy atom. The first-order valence-corrected chi connectivity index (χ1v) is 9.06. The summed E-state index contributed by atoms with van der Waals surface area (Å²) in [5, 5.41) is 1.78. The third-order valence-corrected chi connectivity index (χ3v) is 5.04. The fraction of sp³-hybridized carbons (Fsp3) is 0.227. The number of hydrogen-bond acceptors (Lipinski definition) is 3. The predicted octanol–water partition coefficient (Wildman–Crippen LogP) is 3.42. The first-order chi connectivity index (χ1) is 13.0. The first kappa shape index (κ1) is 17.2. The molecule has 136 valence electrons. The number of aromatic nitrogens is 1. The number of benzene rings is 2. The van der Waals surface area contributed by atoms with Gasteiger partial charge in [0.15, 0.2) is 0 Å². The SMILES string of the molecule is Cc1cccc(N2C[C@@H](C)N(C(=O)c3nccc4ccccc34)CC2=O)c1. The molecule has 3 aromatic rings. The number of piperazine rings is 1. The monoisotopic (exact) mass is 359 g/mol. The number of fused-ring (bicyclic) bond motifs is 1. The maximum Gasteiger partial charge on any atom is 0.273 e. The molecule has 1 aromatic heterocycles. The van der Waals surface area contributed by atoms with Crippen molar-refractivity contribution in [2.45, 2.75) is 19.9 Å². The van der Waals surface area contributed by atoms with Crippen LogP contribution in [0.25, 0.3) is 10.8 Å². The van der Waals surface area contributed by atoms with Gasteiger partial charge in [0.1, 0.15) is 12.2 Å². The lowest BCUT2D eigenvalue weighted by atomic mass is 10.1. The van der Waals surface area contributed by atoms with Crippen LogP contribution in [0, 0.1) is 6.92 Å². The zero-order valence-electron chi connectivity index (χ0n) is 15.4. The van der Waals surface area contributed by atoms with Crippen molar-refractivity contribution in [1.29, 1.82) is 0 Å². The molecule has 0 aliphatic carbocycles. The number of hydrogen-bond donors (Lipinski definition) is 0. The summed E-state index contributed by atoms with van der Waals surface area (Å²) in [5.74, 6) is -0.274. The summed E-state index contributed by atoms with van der Waals surface area (Å²) in [6.07, 6.45) is 1.64. The molecule has 4 rings (SSSR count). The van der Waals surface area contributed by atoms with E-state index >= 15 is 0 Å². The molecule has 1 fully saturated rings. The normalized spacial score (nSPS) is 17.4. The van der Waals surface area contributed by atoms with Gasteiger partial charge in [-0.15, -0.1) is 0 Å². The van der Waals surface area contributed by atoms with Crippen molar-refractivity contribution < 1.29 is 9.59 Å². The van der Waals surface area contributed by atoms with Crippen molar-refractivity contribution in [3.05, 3.63) is 72.1 Å². The average molecular weight is 359 g/mol. The molecule has 5 heteroatoms. The Hall–Kier alpha value is -3.21. The Kier molecular flexibility index (Phi) is 4.36. The molecule has 0 unspecified atom stereocenters. The van der Waals surface area contributed by atoms with Gasteiger partial charge in [-0.05, 0) is 43.0 Å².